The van der Waals surface area contributed by atoms with Gasteiger partial charge in [-0.15, -0.1) is 11.3 Å². The maximum atomic E-state index is 4.61. The second kappa shape index (κ2) is 8.27. The number of thiophene rings is 1. The maximum absolute atomic E-state index is 4.61. The molecule has 0 radical (unpaired) electrons. The van der Waals surface area contributed by atoms with Crippen molar-refractivity contribution < 1.29 is 0 Å². The van der Waals surface area contributed by atoms with Crippen molar-refractivity contribution in [3.8, 4) is 0 Å². The fourth-order valence-corrected chi connectivity index (χ4v) is 2.50. The molecule has 5 heteroatoms. The highest BCUT2D eigenvalue weighted by Crippen LogP contribution is 2.15. The maximum Gasteiger partial charge on any atom is 0.191 e. The molecule has 0 saturated heterocycles. The molecule has 0 saturated carbocycles. The lowest BCUT2D eigenvalue weighted by molar-refractivity contribution is 0.428. The highest BCUT2D eigenvalue weighted by Gasteiger charge is 2.07. The van der Waals surface area contributed by atoms with Crippen LogP contribution in [0.2, 0.25) is 0 Å². The highest BCUT2D eigenvalue weighted by atomic mass is 32.1. The molecule has 0 bridgehead atoms. The fourth-order valence-electron chi connectivity index (χ4n) is 1.69. The molecule has 0 unspecified atom stereocenters. The number of guanidine groups is 1. The number of hydrogen-bond donors (Lipinski definition) is 3. The molecule has 0 aromatic carbocycles. The number of aliphatic imine (C=N–C) groups is 1. The number of aryl methyl sites for hydroxylation is 1. The molecular weight excluding hydrogens is 268 g/mol. The normalized spacial score (nSPS) is 12.6. The Balaban J connectivity index is 2.39. The zero-order chi connectivity index (χ0) is 15.0. The van der Waals surface area contributed by atoms with Crippen LogP contribution in [0.1, 0.15) is 37.4 Å². The summed E-state index contributed by atoms with van der Waals surface area (Å²) in [5.41, 5.74) is 0.158. The van der Waals surface area contributed by atoms with Gasteiger partial charge in [0.2, 0.25) is 0 Å². The van der Waals surface area contributed by atoms with Crippen molar-refractivity contribution in [2.45, 2.75) is 46.7 Å². The van der Waals surface area contributed by atoms with E-state index >= 15 is 0 Å². The van der Waals surface area contributed by atoms with Crippen LogP contribution < -0.4 is 16.0 Å². The zero-order valence-corrected chi connectivity index (χ0v) is 14.2. The van der Waals surface area contributed by atoms with Crippen LogP contribution in [0.5, 0.6) is 0 Å². The summed E-state index contributed by atoms with van der Waals surface area (Å²) in [5, 5.41) is 10.1. The third kappa shape index (κ3) is 7.50. The first-order chi connectivity index (χ1) is 9.40. The first-order valence-corrected chi connectivity index (χ1v) is 8.05. The van der Waals surface area contributed by atoms with Crippen molar-refractivity contribution in [2.75, 3.05) is 19.6 Å². The molecule has 3 N–H and O–H groups in total. The minimum atomic E-state index is 0.158. The summed E-state index contributed by atoms with van der Waals surface area (Å²) >= 11 is 1.80. The summed E-state index contributed by atoms with van der Waals surface area (Å²) in [4.78, 5) is 7.24. The number of hydrogen-bond acceptors (Lipinski definition) is 3. The molecule has 114 valence electrons. The standard InChI is InChI=1S/C15H28N4S/c1-6-16-14(17-9-10-19-15(3,4)5)18-11-13-8-7-12(2)20-13/h7-8,19H,6,9-11H2,1-5H3,(H2,16,17,18). The number of nitrogens with one attached hydrogen (secondary N) is 3. The first-order valence-electron chi connectivity index (χ1n) is 7.23. The van der Waals surface area contributed by atoms with Gasteiger partial charge in [0, 0.05) is 34.9 Å². The Morgan fingerprint density at radius 1 is 1.20 bits per heavy atom. The quantitative estimate of drug-likeness (QED) is 0.429. The van der Waals surface area contributed by atoms with Crippen LogP contribution >= 0.6 is 11.3 Å². The largest absolute Gasteiger partial charge is 0.357 e. The van der Waals surface area contributed by atoms with E-state index in [0.29, 0.717) is 0 Å². The van der Waals surface area contributed by atoms with E-state index in [9.17, 15) is 0 Å². The van der Waals surface area contributed by atoms with Gasteiger partial charge in [-0.1, -0.05) is 0 Å². The highest BCUT2D eigenvalue weighted by molar-refractivity contribution is 7.11. The summed E-state index contributed by atoms with van der Waals surface area (Å²) in [7, 11) is 0. The van der Waals surface area contributed by atoms with Gasteiger partial charge in [-0.2, -0.15) is 0 Å². The number of rotatable bonds is 6. The number of nitrogens with zero attached hydrogens (tertiary/aromatic N) is 1. The van der Waals surface area contributed by atoms with E-state index in [1.165, 1.54) is 9.75 Å². The molecule has 0 amide bonds. The van der Waals surface area contributed by atoms with Crippen LogP contribution in [0, 0.1) is 6.92 Å². The van der Waals surface area contributed by atoms with E-state index in [2.05, 4.69) is 67.7 Å². The molecule has 1 rings (SSSR count). The van der Waals surface area contributed by atoms with Gasteiger partial charge >= 0.3 is 0 Å². The van der Waals surface area contributed by atoms with Crippen molar-refractivity contribution in [3.05, 3.63) is 21.9 Å². The fraction of sp³-hybridized carbons (Fsp3) is 0.667. The van der Waals surface area contributed by atoms with E-state index < -0.39 is 0 Å². The van der Waals surface area contributed by atoms with Crippen LogP contribution in [0.3, 0.4) is 0 Å². The van der Waals surface area contributed by atoms with Gasteiger partial charge < -0.3 is 16.0 Å². The molecule has 4 nitrogen and oxygen atoms in total. The summed E-state index contributed by atoms with van der Waals surface area (Å²) in [6.07, 6.45) is 0. The van der Waals surface area contributed by atoms with Gasteiger partial charge in [0.25, 0.3) is 0 Å². The summed E-state index contributed by atoms with van der Waals surface area (Å²) in [6.45, 7) is 14.1. The van der Waals surface area contributed by atoms with Gasteiger partial charge in [0.15, 0.2) is 5.96 Å². The summed E-state index contributed by atoms with van der Waals surface area (Å²) in [6, 6.07) is 4.29. The molecule has 0 atom stereocenters. The second-order valence-corrected chi connectivity index (χ2v) is 7.18. The Morgan fingerprint density at radius 2 is 1.95 bits per heavy atom. The molecule has 0 spiro atoms. The van der Waals surface area contributed by atoms with Gasteiger partial charge in [-0.05, 0) is 46.8 Å². The second-order valence-electron chi connectivity index (χ2n) is 5.81. The Bertz CT molecular complexity index is 418. The summed E-state index contributed by atoms with van der Waals surface area (Å²) < 4.78 is 0. The van der Waals surface area contributed by atoms with Gasteiger partial charge in [0.05, 0.1) is 6.54 Å². The smallest absolute Gasteiger partial charge is 0.191 e. The predicted octanol–water partition coefficient (Wildman–Crippen LogP) is 2.50. The minimum absolute atomic E-state index is 0.158. The third-order valence-electron chi connectivity index (χ3n) is 2.61. The molecule has 0 aliphatic heterocycles. The molecule has 0 aliphatic carbocycles. The average molecular weight is 296 g/mol. The van der Waals surface area contributed by atoms with Crippen molar-refractivity contribution in [1.29, 1.82) is 0 Å². The van der Waals surface area contributed by atoms with Crippen LogP contribution in [0.4, 0.5) is 0 Å². The van der Waals surface area contributed by atoms with Gasteiger partial charge in [-0.25, -0.2) is 4.99 Å². The van der Waals surface area contributed by atoms with E-state index in [1.54, 1.807) is 11.3 Å². The first kappa shape index (κ1) is 17.0. The van der Waals surface area contributed by atoms with Gasteiger partial charge in [0.1, 0.15) is 0 Å². The minimum Gasteiger partial charge on any atom is -0.357 e. The molecule has 20 heavy (non-hydrogen) atoms. The van der Waals surface area contributed by atoms with Crippen LogP contribution in [0.15, 0.2) is 17.1 Å². The van der Waals surface area contributed by atoms with Crippen LogP contribution in [0.25, 0.3) is 0 Å². The van der Waals surface area contributed by atoms with E-state index in [0.717, 1.165) is 32.1 Å². The molecule has 0 aliphatic rings. The van der Waals surface area contributed by atoms with Crippen molar-refractivity contribution in [1.82, 2.24) is 16.0 Å². The molecule has 0 fully saturated rings. The van der Waals surface area contributed by atoms with Crippen molar-refractivity contribution >= 4 is 17.3 Å². The lowest BCUT2D eigenvalue weighted by atomic mass is 10.1. The molecule has 1 aromatic heterocycles. The van der Waals surface area contributed by atoms with Crippen LogP contribution in [-0.4, -0.2) is 31.1 Å². The molecular formula is C15H28N4S. The van der Waals surface area contributed by atoms with Crippen molar-refractivity contribution in [3.63, 3.8) is 0 Å². The average Bonchev–Trinajstić information content (AvgIpc) is 2.76. The Hall–Kier alpha value is -1.07. The monoisotopic (exact) mass is 296 g/mol. The third-order valence-corrected chi connectivity index (χ3v) is 3.59. The zero-order valence-electron chi connectivity index (χ0n) is 13.3. The predicted molar refractivity (Wildman–Crippen MR) is 89.6 cm³/mol. The Morgan fingerprint density at radius 3 is 2.50 bits per heavy atom. The Kier molecular flexibility index (Phi) is 7.02. The van der Waals surface area contributed by atoms with Gasteiger partial charge in [-0.3, -0.25) is 0 Å². The van der Waals surface area contributed by atoms with Crippen LogP contribution in [-0.2, 0) is 6.54 Å². The van der Waals surface area contributed by atoms with E-state index in [4.69, 9.17) is 0 Å². The van der Waals surface area contributed by atoms with Crippen molar-refractivity contribution in [2.24, 2.45) is 4.99 Å². The summed E-state index contributed by atoms with van der Waals surface area (Å²) in [5.74, 6) is 0.884. The Labute approximate surface area is 127 Å². The molecule has 1 heterocycles. The topological polar surface area (TPSA) is 48.5 Å². The molecule has 1 aromatic rings. The van der Waals surface area contributed by atoms with E-state index in [1.807, 2.05) is 0 Å². The lowest BCUT2D eigenvalue weighted by Gasteiger charge is -2.21. The van der Waals surface area contributed by atoms with E-state index in [-0.39, 0.29) is 5.54 Å². The SMILES string of the molecule is CCNC(=NCc1ccc(C)s1)NCCNC(C)(C)C. The lowest BCUT2D eigenvalue weighted by Crippen LogP contribution is -2.44.